The Bertz CT molecular complexity index is 59.5. The van der Waals surface area contributed by atoms with E-state index in [-0.39, 0.29) is 0 Å². The zero-order chi connectivity index (χ0) is 5.82. The van der Waals surface area contributed by atoms with Crippen molar-refractivity contribution in [1.29, 1.82) is 0 Å². The maximum Gasteiger partial charge on any atom is 0.103 e. The second-order valence-electron chi connectivity index (χ2n) is 1.96. The summed E-state index contributed by atoms with van der Waals surface area (Å²) in [6, 6.07) is 0. The van der Waals surface area contributed by atoms with E-state index in [0.717, 1.165) is 6.61 Å². The fourth-order valence-corrected chi connectivity index (χ4v) is 1.86. The molecule has 1 rings (SSSR count). The highest BCUT2D eigenvalue weighted by molar-refractivity contribution is 7.99. The number of hydrogen-bond donors (Lipinski definition) is 0. The largest absolute Gasteiger partial charge is 0.367 e. The van der Waals surface area contributed by atoms with E-state index in [1.54, 1.807) is 0 Å². The lowest BCUT2D eigenvalue weighted by molar-refractivity contribution is 0.136. The van der Waals surface area contributed by atoms with Gasteiger partial charge in [0.1, 0.15) is 5.44 Å². The first kappa shape index (κ1) is 6.43. The van der Waals surface area contributed by atoms with Gasteiger partial charge in [-0.1, -0.05) is 13.3 Å². The van der Waals surface area contributed by atoms with Gasteiger partial charge in [-0.2, -0.15) is 0 Å². The molecule has 1 saturated heterocycles. The predicted octanol–water partition coefficient (Wildman–Crippen LogP) is 1.88. The van der Waals surface area contributed by atoms with Gasteiger partial charge < -0.3 is 4.74 Å². The van der Waals surface area contributed by atoms with Crippen molar-refractivity contribution in [2.75, 3.05) is 12.4 Å². The van der Waals surface area contributed by atoms with Crippen LogP contribution in [-0.2, 0) is 4.74 Å². The van der Waals surface area contributed by atoms with Crippen molar-refractivity contribution in [2.45, 2.75) is 25.2 Å². The van der Waals surface area contributed by atoms with Gasteiger partial charge in [-0.05, 0) is 6.42 Å². The van der Waals surface area contributed by atoms with Gasteiger partial charge in [0.15, 0.2) is 0 Å². The van der Waals surface area contributed by atoms with Crippen molar-refractivity contribution in [2.24, 2.45) is 0 Å². The van der Waals surface area contributed by atoms with E-state index >= 15 is 0 Å². The molecule has 1 aliphatic heterocycles. The topological polar surface area (TPSA) is 9.23 Å². The number of ether oxygens (including phenoxy) is 1. The quantitative estimate of drug-likeness (QED) is 0.567. The third-order valence-corrected chi connectivity index (χ3v) is 2.36. The molecule has 0 aromatic rings. The molecule has 0 saturated carbocycles. The van der Waals surface area contributed by atoms with Crippen LogP contribution in [0.15, 0.2) is 0 Å². The fraction of sp³-hybridized carbons (Fsp3) is 1.00. The van der Waals surface area contributed by atoms with Crippen molar-refractivity contribution in [1.82, 2.24) is 0 Å². The van der Waals surface area contributed by atoms with Crippen molar-refractivity contribution in [3.63, 3.8) is 0 Å². The van der Waals surface area contributed by atoms with E-state index in [1.165, 1.54) is 18.6 Å². The van der Waals surface area contributed by atoms with Gasteiger partial charge in [0.2, 0.25) is 0 Å². The van der Waals surface area contributed by atoms with Crippen molar-refractivity contribution >= 4 is 11.8 Å². The second-order valence-corrected chi connectivity index (χ2v) is 3.23. The summed E-state index contributed by atoms with van der Waals surface area (Å²) in [6.07, 6.45) is 2.47. The van der Waals surface area contributed by atoms with Crippen molar-refractivity contribution in [3.8, 4) is 0 Å². The monoisotopic (exact) mass is 132 g/mol. The lowest BCUT2D eigenvalue weighted by Gasteiger charge is -2.03. The first-order valence-corrected chi connectivity index (χ1v) is 4.21. The highest BCUT2D eigenvalue weighted by atomic mass is 32.2. The Morgan fingerprint density at radius 2 is 2.62 bits per heavy atom. The molecule has 1 atom stereocenters. The van der Waals surface area contributed by atoms with Crippen LogP contribution >= 0.6 is 11.8 Å². The van der Waals surface area contributed by atoms with Crippen LogP contribution in [-0.4, -0.2) is 17.8 Å². The highest BCUT2D eigenvalue weighted by Gasteiger charge is 2.13. The molecule has 1 heterocycles. The summed E-state index contributed by atoms with van der Waals surface area (Å²) in [5, 5.41) is 0. The Kier molecular flexibility index (Phi) is 2.70. The molecule has 0 aliphatic carbocycles. The third kappa shape index (κ3) is 1.67. The minimum Gasteiger partial charge on any atom is -0.367 e. The maximum atomic E-state index is 5.36. The Hall–Kier alpha value is 0.310. The lowest BCUT2D eigenvalue weighted by atomic mass is 10.4. The molecular formula is C6H12OS. The summed E-state index contributed by atoms with van der Waals surface area (Å²) in [5.74, 6) is 1.20. The van der Waals surface area contributed by atoms with Crippen molar-refractivity contribution < 1.29 is 4.74 Å². The molecule has 1 nitrogen and oxygen atoms in total. The van der Waals surface area contributed by atoms with Gasteiger partial charge in [-0.15, -0.1) is 11.8 Å². The molecule has 1 aliphatic rings. The molecule has 0 radical (unpaired) electrons. The van der Waals surface area contributed by atoms with Crippen LogP contribution in [0, 0.1) is 0 Å². The van der Waals surface area contributed by atoms with Crippen LogP contribution in [0.25, 0.3) is 0 Å². The Morgan fingerprint density at radius 1 is 1.75 bits per heavy atom. The van der Waals surface area contributed by atoms with Crippen molar-refractivity contribution in [3.05, 3.63) is 0 Å². The molecule has 0 unspecified atom stereocenters. The van der Waals surface area contributed by atoms with Crippen LogP contribution < -0.4 is 0 Å². The summed E-state index contributed by atoms with van der Waals surface area (Å²) in [6.45, 7) is 3.16. The SMILES string of the molecule is CCC[C@H]1OCCS1. The Balaban J connectivity index is 2.06. The molecular weight excluding hydrogens is 120 g/mol. The Morgan fingerprint density at radius 3 is 3.12 bits per heavy atom. The van der Waals surface area contributed by atoms with Crippen LogP contribution in [0.2, 0.25) is 0 Å². The van der Waals surface area contributed by atoms with Crippen LogP contribution in [0.4, 0.5) is 0 Å². The standard InChI is InChI=1S/C6H12OS/c1-2-3-6-7-4-5-8-6/h6H,2-5H2,1H3/t6-/m0/s1. The van der Waals surface area contributed by atoms with Gasteiger partial charge in [-0.25, -0.2) is 0 Å². The highest BCUT2D eigenvalue weighted by Crippen LogP contribution is 2.23. The zero-order valence-electron chi connectivity index (χ0n) is 5.22. The number of rotatable bonds is 2. The summed E-state index contributed by atoms with van der Waals surface area (Å²) >= 11 is 1.94. The molecule has 48 valence electrons. The maximum absolute atomic E-state index is 5.36. The first-order valence-electron chi connectivity index (χ1n) is 3.16. The molecule has 0 bridgehead atoms. The third-order valence-electron chi connectivity index (χ3n) is 1.22. The minimum atomic E-state index is 0.528. The van der Waals surface area contributed by atoms with E-state index in [9.17, 15) is 0 Å². The normalized spacial score (nSPS) is 28.9. The number of hydrogen-bond acceptors (Lipinski definition) is 2. The van der Waals surface area contributed by atoms with E-state index in [1.807, 2.05) is 11.8 Å². The van der Waals surface area contributed by atoms with E-state index < -0.39 is 0 Å². The van der Waals surface area contributed by atoms with E-state index in [4.69, 9.17) is 4.74 Å². The van der Waals surface area contributed by atoms with Gasteiger partial charge in [0.05, 0.1) is 6.61 Å². The summed E-state index contributed by atoms with van der Waals surface area (Å²) in [7, 11) is 0. The van der Waals surface area contributed by atoms with Gasteiger partial charge in [-0.3, -0.25) is 0 Å². The van der Waals surface area contributed by atoms with E-state index in [2.05, 4.69) is 6.92 Å². The average molecular weight is 132 g/mol. The molecule has 0 aromatic carbocycles. The predicted molar refractivity (Wildman–Crippen MR) is 37.1 cm³/mol. The van der Waals surface area contributed by atoms with Crippen LogP contribution in [0.1, 0.15) is 19.8 Å². The summed E-state index contributed by atoms with van der Waals surface area (Å²) < 4.78 is 5.36. The summed E-state index contributed by atoms with van der Waals surface area (Å²) in [4.78, 5) is 0. The number of thioether (sulfide) groups is 1. The average Bonchev–Trinajstić information content (AvgIpc) is 2.19. The van der Waals surface area contributed by atoms with Gasteiger partial charge >= 0.3 is 0 Å². The molecule has 0 aromatic heterocycles. The van der Waals surface area contributed by atoms with E-state index in [0.29, 0.717) is 5.44 Å². The Labute approximate surface area is 54.8 Å². The smallest absolute Gasteiger partial charge is 0.103 e. The molecule has 1 fully saturated rings. The first-order chi connectivity index (χ1) is 3.93. The van der Waals surface area contributed by atoms with Crippen LogP contribution in [0.5, 0.6) is 0 Å². The zero-order valence-corrected chi connectivity index (χ0v) is 6.04. The summed E-state index contributed by atoms with van der Waals surface area (Å²) in [5.41, 5.74) is 0.528. The minimum absolute atomic E-state index is 0.528. The second kappa shape index (κ2) is 3.36. The lowest BCUT2D eigenvalue weighted by Crippen LogP contribution is -1.98. The van der Waals surface area contributed by atoms with Gasteiger partial charge in [0, 0.05) is 5.75 Å². The fourth-order valence-electron chi connectivity index (χ4n) is 0.810. The molecule has 0 N–H and O–H groups in total. The molecule has 2 heteroatoms. The van der Waals surface area contributed by atoms with Crippen LogP contribution in [0.3, 0.4) is 0 Å². The molecule has 0 amide bonds. The van der Waals surface area contributed by atoms with Gasteiger partial charge in [0.25, 0.3) is 0 Å². The molecule has 0 spiro atoms. The molecule has 8 heavy (non-hydrogen) atoms.